The number of thioether (sulfide) groups is 1. The zero-order valence-electron chi connectivity index (χ0n) is 15.7. The highest BCUT2D eigenvalue weighted by Crippen LogP contribution is 2.22. The number of aromatic amines is 1. The topological polar surface area (TPSA) is 76.2 Å². The molecule has 0 fully saturated rings. The predicted octanol–water partition coefficient (Wildman–Crippen LogP) is 4.54. The van der Waals surface area contributed by atoms with Gasteiger partial charge in [0.05, 0.1) is 11.4 Å². The zero-order valence-corrected chi connectivity index (χ0v) is 17.3. The number of ketones is 2. The van der Waals surface area contributed by atoms with Crippen LogP contribution in [-0.4, -0.2) is 34.4 Å². The molecular formula is C20H22ClNO4S. The van der Waals surface area contributed by atoms with Crippen LogP contribution in [0.4, 0.5) is 0 Å². The van der Waals surface area contributed by atoms with E-state index >= 15 is 0 Å². The van der Waals surface area contributed by atoms with Crippen molar-refractivity contribution < 1.29 is 19.1 Å². The molecule has 0 bridgehead atoms. The molecular weight excluding hydrogens is 386 g/mol. The summed E-state index contributed by atoms with van der Waals surface area (Å²) >= 11 is 7.45. The SMILES string of the molecule is CC(=O)c1c(C)[nH]c(C(=O)[C@H](C)OC(=O)CSCc2ccccc2Cl)c1C. The van der Waals surface area contributed by atoms with Gasteiger partial charge in [-0.3, -0.25) is 14.4 Å². The first kappa shape index (κ1) is 21.3. The Kier molecular flexibility index (Phi) is 7.27. The summed E-state index contributed by atoms with van der Waals surface area (Å²) in [5.74, 6) is -0.243. The molecule has 0 radical (unpaired) electrons. The third-order valence-corrected chi connectivity index (χ3v) is 5.47. The summed E-state index contributed by atoms with van der Waals surface area (Å²) < 4.78 is 5.25. The Balaban J connectivity index is 1.92. The number of carbonyl (C=O) groups is 3. The largest absolute Gasteiger partial charge is 0.454 e. The van der Waals surface area contributed by atoms with Crippen molar-refractivity contribution in [3.05, 3.63) is 57.4 Å². The molecule has 7 heteroatoms. The van der Waals surface area contributed by atoms with Gasteiger partial charge in [0.15, 0.2) is 11.9 Å². The number of carbonyl (C=O) groups excluding carboxylic acids is 3. The Bertz CT molecular complexity index is 875. The number of Topliss-reactive ketones (excluding diaryl/α,β-unsaturated/α-hetero) is 2. The Labute approximate surface area is 167 Å². The van der Waals surface area contributed by atoms with Crippen LogP contribution in [0.25, 0.3) is 0 Å². The standard InChI is InChI=1S/C20H22ClNO4S/c1-11-18(13(3)23)12(2)22-19(11)20(25)14(4)26-17(24)10-27-9-15-7-5-6-8-16(15)21/h5-8,14,22H,9-10H2,1-4H3/t14-/m0/s1. The van der Waals surface area contributed by atoms with Crippen LogP contribution in [0.3, 0.4) is 0 Å². The maximum atomic E-state index is 12.6. The minimum absolute atomic E-state index is 0.110. The van der Waals surface area contributed by atoms with Crippen molar-refractivity contribution in [3.8, 4) is 0 Å². The molecule has 27 heavy (non-hydrogen) atoms. The van der Waals surface area contributed by atoms with Crippen molar-refractivity contribution >= 4 is 40.9 Å². The first-order valence-electron chi connectivity index (χ1n) is 8.47. The maximum Gasteiger partial charge on any atom is 0.316 e. The number of benzene rings is 1. The molecule has 1 N–H and O–H groups in total. The molecule has 0 unspecified atom stereocenters. The number of halogens is 1. The van der Waals surface area contributed by atoms with Crippen molar-refractivity contribution in [1.29, 1.82) is 0 Å². The summed E-state index contributed by atoms with van der Waals surface area (Å²) in [6.07, 6.45) is -0.935. The lowest BCUT2D eigenvalue weighted by atomic mass is 10.0. The highest BCUT2D eigenvalue weighted by atomic mass is 35.5. The van der Waals surface area contributed by atoms with Crippen LogP contribution in [0.1, 0.15) is 51.5 Å². The van der Waals surface area contributed by atoms with Gasteiger partial charge in [-0.15, -0.1) is 11.8 Å². The van der Waals surface area contributed by atoms with Gasteiger partial charge in [0.2, 0.25) is 5.78 Å². The lowest BCUT2D eigenvalue weighted by molar-refractivity contribution is -0.143. The van der Waals surface area contributed by atoms with Crippen molar-refractivity contribution in [2.24, 2.45) is 0 Å². The Hall–Kier alpha value is -2.05. The van der Waals surface area contributed by atoms with Crippen LogP contribution in [0, 0.1) is 13.8 Å². The number of aromatic nitrogens is 1. The molecule has 5 nitrogen and oxygen atoms in total. The predicted molar refractivity (Wildman–Crippen MR) is 108 cm³/mol. The van der Waals surface area contributed by atoms with Crippen LogP contribution in [0.5, 0.6) is 0 Å². The monoisotopic (exact) mass is 407 g/mol. The fraction of sp³-hybridized carbons (Fsp3) is 0.350. The molecule has 0 aliphatic carbocycles. The Morgan fingerprint density at radius 1 is 1.22 bits per heavy atom. The minimum Gasteiger partial charge on any atom is -0.454 e. The summed E-state index contributed by atoms with van der Waals surface area (Å²) in [6, 6.07) is 7.43. The zero-order chi connectivity index (χ0) is 20.1. The van der Waals surface area contributed by atoms with E-state index in [9.17, 15) is 14.4 Å². The molecule has 1 atom stereocenters. The smallest absolute Gasteiger partial charge is 0.316 e. The van der Waals surface area contributed by atoms with E-state index < -0.39 is 12.1 Å². The molecule has 1 aromatic carbocycles. The van der Waals surface area contributed by atoms with Gasteiger partial charge in [-0.1, -0.05) is 29.8 Å². The van der Waals surface area contributed by atoms with Crippen LogP contribution in [0.2, 0.25) is 5.02 Å². The normalized spacial score (nSPS) is 11.9. The minimum atomic E-state index is -0.935. The summed E-state index contributed by atoms with van der Waals surface area (Å²) in [5.41, 5.74) is 2.97. The van der Waals surface area contributed by atoms with Gasteiger partial charge < -0.3 is 9.72 Å². The second-order valence-corrected chi connectivity index (χ2v) is 7.65. The van der Waals surface area contributed by atoms with Gasteiger partial charge >= 0.3 is 5.97 Å². The second kappa shape index (κ2) is 9.24. The third kappa shape index (κ3) is 5.23. The number of hydrogen-bond acceptors (Lipinski definition) is 5. The van der Waals surface area contributed by atoms with E-state index in [0.717, 1.165) is 5.56 Å². The molecule has 0 saturated carbocycles. The molecule has 1 aromatic heterocycles. The molecule has 0 aliphatic rings. The summed E-state index contributed by atoms with van der Waals surface area (Å²) in [6.45, 7) is 6.43. The van der Waals surface area contributed by atoms with Gasteiger partial charge in [0, 0.05) is 22.0 Å². The Morgan fingerprint density at radius 2 is 1.89 bits per heavy atom. The molecule has 0 saturated heterocycles. The summed E-state index contributed by atoms with van der Waals surface area (Å²) in [5, 5.41) is 0.653. The van der Waals surface area contributed by atoms with E-state index in [4.69, 9.17) is 16.3 Å². The summed E-state index contributed by atoms with van der Waals surface area (Å²) in [7, 11) is 0. The van der Waals surface area contributed by atoms with Gasteiger partial charge in [-0.25, -0.2) is 0 Å². The van der Waals surface area contributed by atoms with E-state index in [1.54, 1.807) is 19.9 Å². The lowest BCUT2D eigenvalue weighted by Gasteiger charge is -2.12. The highest BCUT2D eigenvalue weighted by molar-refractivity contribution is 7.99. The number of esters is 1. The molecule has 2 aromatic rings. The second-order valence-electron chi connectivity index (χ2n) is 6.26. The van der Waals surface area contributed by atoms with E-state index in [1.807, 2.05) is 18.2 Å². The first-order chi connectivity index (χ1) is 12.7. The van der Waals surface area contributed by atoms with E-state index in [0.29, 0.717) is 33.3 Å². The van der Waals surface area contributed by atoms with Crippen molar-refractivity contribution in [2.75, 3.05) is 5.75 Å². The van der Waals surface area contributed by atoms with Crippen molar-refractivity contribution in [1.82, 2.24) is 4.98 Å². The number of nitrogens with one attached hydrogen (secondary N) is 1. The fourth-order valence-electron chi connectivity index (χ4n) is 2.87. The molecule has 2 rings (SSSR count). The first-order valence-corrected chi connectivity index (χ1v) is 10.0. The molecule has 144 valence electrons. The summed E-state index contributed by atoms with van der Waals surface area (Å²) in [4.78, 5) is 39.3. The average molecular weight is 408 g/mol. The van der Waals surface area contributed by atoms with Gasteiger partial charge in [0.25, 0.3) is 0 Å². The van der Waals surface area contributed by atoms with Crippen LogP contribution in [-0.2, 0) is 15.3 Å². The quantitative estimate of drug-likeness (QED) is 0.513. The van der Waals surface area contributed by atoms with Crippen molar-refractivity contribution in [2.45, 2.75) is 39.6 Å². The van der Waals surface area contributed by atoms with Gasteiger partial charge in [-0.2, -0.15) is 0 Å². The number of rotatable bonds is 8. The van der Waals surface area contributed by atoms with Crippen LogP contribution >= 0.6 is 23.4 Å². The number of ether oxygens (including phenoxy) is 1. The number of aryl methyl sites for hydroxylation is 1. The van der Waals surface area contributed by atoms with E-state index in [1.165, 1.54) is 25.6 Å². The fourth-order valence-corrected chi connectivity index (χ4v) is 3.96. The van der Waals surface area contributed by atoms with Crippen LogP contribution in [0.15, 0.2) is 24.3 Å². The van der Waals surface area contributed by atoms with Crippen LogP contribution < -0.4 is 0 Å². The molecule has 0 aliphatic heterocycles. The average Bonchev–Trinajstić information content (AvgIpc) is 2.90. The Morgan fingerprint density at radius 3 is 2.48 bits per heavy atom. The third-order valence-electron chi connectivity index (χ3n) is 4.15. The number of H-pyrrole nitrogens is 1. The highest BCUT2D eigenvalue weighted by Gasteiger charge is 2.25. The maximum absolute atomic E-state index is 12.6. The van der Waals surface area contributed by atoms with Gasteiger partial charge in [-0.05, 0) is 44.9 Å². The lowest BCUT2D eigenvalue weighted by Crippen LogP contribution is -2.26. The van der Waals surface area contributed by atoms with E-state index in [2.05, 4.69) is 4.98 Å². The van der Waals surface area contributed by atoms with E-state index in [-0.39, 0.29) is 17.3 Å². The van der Waals surface area contributed by atoms with Crippen molar-refractivity contribution in [3.63, 3.8) is 0 Å². The number of hydrogen-bond donors (Lipinski definition) is 1. The molecule has 0 amide bonds. The molecule has 1 heterocycles. The van der Waals surface area contributed by atoms with Gasteiger partial charge in [0.1, 0.15) is 0 Å². The molecule has 0 spiro atoms.